The number of nitrogens with one attached hydrogen (secondary N) is 2. The van der Waals surface area contributed by atoms with E-state index in [1.165, 1.54) is 47.4 Å². The molecule has 0 bridgehead atoms. The topological polar surface area (TPSA) is 190 Å². The zero-order chi connectivity index (χ0) is 37.1. The highest BCUT2D eigenvalue weighted by atomic mass is 16.7. The number of hydrogen-bond donors (Lipinski definition) is 2. The van der Waals surface area contributed by atoms with Crippen LogP contribution in [0.25, 0.3) is 0 Å². The van der Waals surface area contributed by atoms with Gasteiger partial charge in [-0.3, -0.25) is 24.5 Å². The summed E-state index contributed by atoms with van der Waals surface area (Å²) in [5.74, 6) is -0.858. The maximum Gasteiger partial charge on any atom is 0.407 e. The predicted molar refractivity (Wildman–Crippen MR) is 185 cm³/mol. The molecule has 0 aliphatic rings. The molecular weight excluding hydrogens is 666 g/mol. The second kappa shape index (κ2) is 21.0. The van der Waals surface area contributed by atoms with Gasteiger partial charge in [-0.2, -0.15) is 0 Å². The Bertz CT molecular complexity index is 1610. The van der Waals surface area contributed by atoms with Gasteiger partial charge in [0.05, 0.1) is 44.6 Å². The first kappa shape index (κ1) is 40.1. The number of hydrogen-bond acceptors (Lipinski definition) is 11. The normalized spacial score (nSPS) is 11.0. The van der Waals surface area contributed by atoms with E-state index in [2.05, 4.69) is 10.6 Å². The summed E-state index contributed by atoms with van der Waals surface area (Å²) in [6.07, 6.45) is -0.623. The zero-order valence-electron chi connectivity index (χ0n) is 29.0. The van der Waals surface area contributed by atoms with Gasteiger partial charge in [0.15, 0.2) is 0 Å². The number of nitrogens with zero attached hydrogens (tertiary/aromatic N) is 3. The molecule has 1 heterocycles. The Hall–Kier alpha value is -5.32. The number of alkyl carbamates (subject to hydrolysis) is 1. The Balaban J connectivity index is 1.41. The van der Waals surface area contributed by atoms with Crippen LogP contribution >= 0.6 is 0 Å². The average molecular weight is 712 g/mol. The van der Waals surface area contributed by atoms with Crippen LogP contribution < -0.4 is 21.0 Å². The van der Waals surface area contributed by atoms with Crippen LogP contribution in [0.1, 0.15) is 47.2 Å². The third kappa shape index (κ3) is 15.0. The second-order valence-electron chi connectivity index (χ2n) is 11.9. The number of benzene rings is 2. The predicted octanol–water partition coefficient (Wildman–Crippen LogP) is 2.83. The fraction of sp³-hybridized carbons (Fsp3) is 0.429. The number of pyridine rings is 1. The van der Waals surface area contributed by atoms with E-state index in [1.807, 2.05) is 30.3 Å². The van der Waals surface area contributed by atoms with Crippen molar-refractivity contribution in [3.8, 4) is 0 Å². The highest BCUT2D eigenvalue weighted by Crippen LogP contribution is 2.12. The summed E-state index contributed by atoms with van der Waals surface area (Å²) in [5.41, 5.74) is -0.144. The van der Waals surface area contributed by atoms with E-state index in [-0.39, 0.29) is 89.7 Å². The van der Waals surface area contributed by atoms with Gasteiger partial charge in [-0.25, -0.2) is 4.79 Å². The molecular formula is C35H45N5O11. The van der Waals surface area contributed by atoms with Crippen LogP contribution in [0, 0.1) is 10.1 Å². The third-order valence-corrected chi connectivity index (χ3v) is 6.79. The molecule has 3 aromatic rings. The van der Waals surface area contributed by atoms with Crippen molar-refractivity contribution < 1.29 is 43.1 Å². The fourth-order valence-electron chi connectivity index (χ4n) is 4.35. The van der Waals surface area contributed by atoms with Crippen molar-refractivity contribution in [2.45, 2.75) is 33.0 Å². The number of nitro benzene ring substituents is 1. The van der Waals surface area contributed by atoms with Crippen molar-refractivity contribution in [2.24, 2.45) is 0 Å². The van der Waals surface area contributed by atoms with Crippen molar-refractivity contribution in [1.29, 1.82) is 0 Å². The molecule has 3 amide bonds. The second-order valence-corrected chi connectivity index (χ2v) is 11.9. The standard InChI is InChI=1S/C35H45N5O11/c1-35(2,3)51-34(44)37-16-18-38(33(43)30-10-7-11-31(41)39(30)50-26-27-8-5-4-6-9-27)19-21-48-23-25-49-24-22-47-20-17-36-32(42)28-12-14-29(15-13-28)40(45)46/h4-15H,16-26H2,1-3H3,(H,36,42)(H,37,44). The zero-order valence-corrected chi connectivity index (χ0v) is 29.0. The van der Waals surface area contributed by atoms with Gasteiger partial charge in [0.2, 0.25) is 0 Å². The lowest BCUT2D eigenvalue weighted by molar-refractivity contribution is -0.384. The molecule has 1 aromatic heterocycles. The molecule has 2 aromatic carbocycles. The summed E-state index contributed by atoms with van der Waals surface area (Å²) in [6, 6.07) is 18.8. The largest absolute Gasteiger partial charge is 0.444 e. The molecule has 3 rings (SSSR count). The number of carbonyl (C=O) groups is 3. The SMILES string of the molecule is CC(C)(C)OC(=O)NCCN(CCOCCOCCOCCNC(=O)c1ccc([N+](=O)[O-])cc1)C(=O)c1cccc(=O)n1OCc1ccccc1. The number of rotatable bonds is 21. The number of nitro groups is 1. The van der Waals surface area contributed by atoms with Crippen molar-refractivity contribution in [3.63, 3.8) is 0 Å². The van der Waals surface area contributed by atoms with Gasteiger partial charge in [0.1, 0.15) is 17.9 Å². The molecule has 0 atom stereocenters. The molecule has 16 heteroatoms. The molecule has 0 fully saturated rings. The first-order valence-electron chi connectivity index (χ1n) is 16.4. The molecule has 0 unspecified atom stereocenters. The molecule has 51 heavy (non-hydrogen) atoms. The first-order valence-corrected chi connectivity index (χ1v) is 16.4. The smallest absolute Gasteiger partial charge is 0.407 e. The first-order chi connectivity index (χ1) is 24.4. The Morgan fingerprint density at radius 1 is 0.784 bits per heavy atom. The van der Waals surface area contributed by atoms with E-state index in [0.717, 1.165) is 10.3 Å². The Morgan fingerprint density at radius 2 is 1.43 bits per heavy atom. The van der Waals surface area contributed by atoms with Crippen LogP contribution in [0.4, 0.5) is 10.5 Å². The molecule has 0 radical (unpaired) electrons. The van der Waals surface area contributed by atoms with Crippen LogP contribution in [0.2, 0.25) is 0 Å². The summed E-state index contributed by atoms with van der Waals surface area (Å²) in [5, 5.41) is 16.1. The Kier molecular flexibility index (Phi) is 16.5. The molecule has 276 valence electrons. The number of amides is 3. The maximum absolute atomic E-state index is 13.7. The number of ether oxygens (including phenoxy) is 4. The Morgan fingerprint density at radius 3 is 2.08 bits per heavy atom. The minimum atomic E-state index is -0.686. The Labute approximate surface area is 295 Å². The van der Waals surface area contributed by atoms with Gasteiger partial charge in [0, 0.05) is 49.9 Å². The maximum atomic E-state index is 13.7. The average Bonchev–Trinajstić information content (AvgIpc) is 3.10. The molecule has 0 saturated carbocycles. The highest BCUT2D eigenvalue weighted by molar-refractivity contribution is 5.94. The van der Waals surface area contributed by atoms with Crippen molar-refractivity contribution in [3.05, 3.63) is 110 Å². The highest BCUT2D eigenvalue weighted by Gasteiger charge is 2.22. The van der Waals surface area contributed by atoms with Gasteiger partial charge in [0.25, 0.3) is 23.1 Å². The molecule has 16 nitrogen and oxygen atoms in total. The quantitative estimate of drug-likeness (QED) is 0.0939. The lowest BCUT2D eigenvalue weighted by Crippen LogP contribution is -2.44. The van der Waals surface area contributed by atoms with Crippen LogP contribution in [0.15, 0.2) is 77.6 Å². The van der Waals surface area contributed by atoms with Crippen LogP contribution in [0.5, 0.6) is 0 Å². The number of carbonyl (C=O) groups excluding carboxylic acids is 3. The van der Waals surface area contributed by atoms with Gasteiger partial charge >= 0.3 is 6.09 Å². The van der Waals surface area contributed by atoms with E-state index in [1.54, 1.807) is 20.8 Å². The summed E-state index contributed by atoms with van der Waals surface area (Å²) in [4.78, 5) is 68.1. The lowest BCUT2D eigenvalue weighted by atomic mass is 10.2. The molecule has 0 aliphatic heterocycles. The number of non-ortho nitro benzene ring substituents is 1. The minimum absolute atomic E-state index is 0.0185. The lowest BCUT2D eigenvalue weighted by Gasteiger charge is -2.25. The fourth-order valence-corrected chi connectivity index (χ4v) is 4.35. The van der Waals surface area contributed by atoms with E-state index >= 15 is 0 Å². The van der Waals surface area contributed by atoms with Crippen LogP contribution in [-0.2, 0) is 25.6 Å². The molecule has 0 saturated heterocycles. The summed E-state index contributed by atoms with van der Waals surface area (Å²) in [7, 11) is 0. The monoisotopic (exact) mass is 711 g/mol. The van der Waals surface area contributed by atoms with Gasteiger partial charge in [-0.05, 0) is 44.5 Å². The van der Waals surface area contributed by atoms with Crippen molar-refractivity contribution in [1.82, 2.24) is 20.3 Å². The summed E-state index contributed by atoms with van der Waals surface area (Å²) in [6.45, 7) is 7.36. The van der Waals surface area contributed by atoms with Crippen molar-refractivity contribution >= 4 is 23.6 Å². The van der Waals surface area contributed by atoms with Crippen LogP contribution in [-0.4, -0.2) is 104 Å². The molecule has 2 N–H and O–H groups in total. The third-order valence-electron chi connectivity index (χ3n) is 6.79. The van der Waals surface area contributed by atoms with E-state index in [4.69, 9.17) is 23.8 Å². The minimum Gasteiger partial charge on any atom is -0.444 e. The molecule has 0 spiro atoms. The van der Waals surface area contributed by atoms with E-state index in [9.17, 15) is 29.3 Å². The van der Waals surface area contributed by atoms with Crippen molar-refractivity contribution in [2.75, 3.05) is 65.8 Å². The van der Waals surface area contributed by atoms with Gasteiger partial charge in [-0.15, -0.1) is 4.73 Å². The van der Waals surface area contributed by atoms with Crippen LogP contribution in [0.3, 0.4) is 0 Å². The summed E-state index contributed by atoms with van der Waals surface area (Å²) >= 11 is 0. The summed E-state index contributed by atoms with van der Waals surface area (Å²) < 4.78 is 22.9. The van der Waals surface area contributed by atoms with Gasteiger partial charge < -0.3 is 39.3 Å². The van der Waals surface area contributed by atoms with E-state index < -0.39 is 28.1 Å². The number of aromatic nitrogens is 1. The molecule has 0 aliphatic carbocycles. The van der Waals surface area contributed by atoms with Gasteiger partial charge in [-0.1, -0.05) is 36.4 Å². The van der Waals surface area contributed by atoms with E-state index in [0.29, 0.717) is 5.56 Å².